The van der Waals surface area contributed by atoms with E-state index in [1.54, 1.807) is 0 Å². The molecule has 0 spiro atoms. The van der Waals surface area contributed by atoms with Gasteiger partial charge in [-0.1, -0.05) is 14.9 Å². The molecule has 12 heavy (non-hydrogen) atoms. The third-order valence-electron chi connectivity index (χ3n) is 0. The predicted octanol–water partition coefficient (Wildman–Crippen LogP) is 0.527. The van der Waals surface area contributed by atoms with E-state index < -0.39 is 0 Å². The van der Waals surface area contributed by atoms with Crippen LogP contribution in [0.15, 0.2) is 13.2 Å². The molecule has 0 heterocycles. The van der Waals surface area contributed by atoms with Crippen LogP contribution in [-0.4, -0.2) is 32.0 Å². The molecule has 0 aromatic heterocycles. The average Bonchev–Trinajstić information content (AvgIpc) is 2.03. The van der Waals surface area contributed by atoms with Crippen LogP contribution >= 0.6 is 0 Å². The van der Waals surface area contributed by atoms with Crippen LogP contribution in [0.1, 0.15) is 14.9 Å². The quantitative estimate of drug-likeness (QED) is 0.249. The summed E-state index contributed by atoms with van der Waals surface area (Å²) in [5.74, 6) is 0. The van der Waals surface area contributed by atoms with Gasteiger partial charge in [0.2, 0.25) is 0 Å². The van der Waals surface area contributed by atoms with Gasteiger partial charge in [-0.25, -0.2) is 0 Å². The van der Waals surface area contributed by atoms with Crippen molar-refractivity contribution in [2.45, 2.75) is 14.9 Å². The minimum atomic E-state index is 0. The molecule has 0 rings (SSSR count). The van der Waals surface area contributed by atoms with Gasteiger partial charge in [0.25, 0.3) is 0 Å². The lowest BCUT2D eigenvalue weighted by Gasteiger charge is -1.25. The van der Waals surface area contributed by atoms with Crippen molar-refractivity contribution in [3.63, 3.8) is 0 Å². The van der Waals surface area contributed by atoms with E-state index in [9.17, 15) is 0 Å². The number of hydrogen-bond acceptors (Lipinski definition) is 6. The molecule has 0 aliphatic carbocycles. The second-order valence-corrected chi connectivity index (χ2v) is 0. The third-order valence-corrected chi connectivity index (χ3v) is 0. The lowest BCUT2D eigenvalue weighted by molar-refractivity contribution is -0.176. The predicted molar refractivity (Wildman–Crippen MR) is 49.2 cm³/mol. The van der Waals surface area contributed by atoms with Crippen molar-refractivity contribution in [2.24, 2.45) is 0 Å². The van der Waals surface area contributed by atoms with Gasteiger partial charge < -0.3 is 11.0 Å². The Morgan fingerprint density at radius 2 is 0.667 bits per heavy atom. The van der Waals surface area contributed by atoms with Gasteiger partial charge in [-0.2, -0.15) is 0 Å². The molecule has 0 aliphatic heterocycles. The van der Waals surface area contributed by atoms with E-state index in [-0.39, 0.29) is 25.8 Å². The van der Waals surface area contributed by atoms with Crippen molar-refractivity contribution >= 4 is 0 Å². The first kappa shape index (κ1) is 118. The van der Waals surface area contributed by atoms with Gasteiger partial charge in [0, 0.05) is 9.93 Å². The van der Waals surface area contributed by atoms with E-state index in [0.717, 1.165) is 0 Å². The highest BCUT2D eigenvalue weighted by Gasteiger charge is 0.748. The van der Waals surface area contributed by atoms with Gasteiger partial charge in [-0.05, 0) is 0 Å². The molecule has 0 amide bonds. The van der Waals surface area contributed by atoms with Gasteiger partial charge in [-0.15, -0.1) is 13.2 Å². The first-order valence-corrected chi connectivity index (χ1v) is 1.07. The molecule has 84 valence electrons. The Bertz CT molecular complexity index is 13.0. The highest BCUT2D eigenvalue weighted by Crippen LogP contribution is 0.862. The molecule has 0 fully saturated rings. The van der Waals surface area contributed by atoms with Gasteiger partial charge in [-0.3, -0.25) is 21.0 Å². The number of rotatable bonds is 0. The maximum atomic E-state index is 7.00. The van der Waals surface area contributed by atoms with Crippen molar-refractivity contribution in [1.29, 1.82) is 0 Å². The molecule has 8 heteroatoms. The SMILES string of the molecule is C.C.C=C.O.O.O=O.OO.OO. The molecule has 0 unspecified atom stereocenters. The van der Waals surface area contributed by atoms with Crippen LogP contribution in [0.3, 0.4) is 0 Å². The fraction of sp³-hybridized carbons (Fsp3) is 0.500. The fourth-order valence-electron chi connectivity index (χ4n) is 0. The summed E-state index contributed by atoms with van der Waals surface area (Å²) in [5, 5.41) is 24.0. The Labute approximate surface area is 71.1 Å². The standard InChI is InChI=1S/C2H4.2CH4.2H2O2.O2.2H2O/c1-2;;;3*1-2;;/h1-2H2;2*1H4;2*1-2H;;2*1H2. The fourth-order valence-corrected chi connectivity index (χ4v) is 0. The van der Waals surface area contributed by atoms with E-state index in [2.05, 4.69) is 13.2 Å². The van der Waals surface area contributed by atoms with Crippen LogP contribution in [0.25, 0.3) is 0 Å². The van der Waals surface area contributed by atoms with Crippen LogP contribution < -0.4 is 0 Å². The van der Waals surface area contributed by atoms with Crippen molar-refractivity contribution in [3.8, 4) is 0 Å². The molecule has 0 radical (unpaired) electrons. The van der Waals surface area contributed by atoms with Gasteiger partial charge in [0.05, 0.1) is 0 Å². The summed E-state index contributed by atoms with van der Waals surface area (Å²) < 4.78 is 0. The maximum Gasteiger partial charge on any atom is 0 e. The van der Waals surface area contributed by atoms with Crippen LogP contribution in [-0.2, 0) is 0 Å². The van der Waals surface area contributed by atoms with Crippen molar-refractivity contribution in [3.05, 3.63) is 23.1 Å². The zero-order valence-electron chi connectivity index (χ0n) is 5.02. The minimum Gasteiger partial charge on any atom is -0.412 e. The Balaban J connectivity index is -0.00000000267. The first-order valence-electron chi connectivity index (χ1n) is 1.07. The van der Waals surface area contributed by atoms with Crippen molar-refractivity contribution in [1.82, 2.24) is 0 Å². The number of hydrogen-bond donors (Lipinski definition) is 4. The Morgan fingerprint density at radius 1 is 0.667 bits per heavy atom. The smallest absolute Gasteiger partial charge is 0 e. The normalized spacial score (nSPS) is 1.67. The molecular weight excluding hydrogens is 176 g/mol. The Morgan fingerprint density at radius 3 is 0.667 bits per heavy atom. The molecule has 8 N–H and O–H groups in total. The first-order chi connectivity index (χ1) is 4.00. The minimum absolute atomic E-state index is 0. The summed E-state index contributed by atoms with van der Waals surface area (Å²) in [7, 11) is 0. The topological polar surface area (TPSA) is 178 Å². The molecule has 0 atom stereocenters. The zero-order valence-corrected chi connectivity index (χ0v) is 5.02. The molecule has 0 saturated heterocycles. The largest absolute Gasteiger partial charge is 0.412 e. The van der Waals surface area contributed by atoms with E-state index in [1.165, 1.54) is 0 Å². The second-order valence-electron chi connectivity index (χ2n) is 0. The van der Waals surface area contributed by atoms with E-state index in [1.807, 2.05) is 0 Å². The third kappa shape index (κ3) is 737. The summed E-state index contributed by atoms with van der Waals surface area (Å²) >= 11 is 0. The highest BCUT2D eigenvalue weighted by atomic mass is 17.0. The van der Waals surface area contributed by atoms with Crippen LogP contribution in [0, 0.1) is 9.93 Å². The van der Waals surface area contributed by atoms with Gasteiger partial charge in [0.15, 0.2) is 0 Å². The van der Waals surface area contributed by atoms with Crippen LogP contribution in [0.4, 0.5) is 0 Å². The van der Waals surface area contributed by atoms with Gasteiger partial charge in [0.1, 0.15) is 0 Å². The molecule has 0 aromatic rings. The highest BCUT2D eigenvalue weighted by molar-refractivity contribution is 4.22. The molecule has 0 aliphatic rings. The summed E-state index contributed by atoms with van der Waals surface area (Å²) in [5.41, 5.74) is 0. The summed E-state index contributed by atoms with van der Waals surface area (Å²) in [6, 6.07) is 0. The molecule has 0 saturated carbocycles. The molecular formula is C4H20O8. The Hall–Kier alpha value is -0.900. The summed E-state index contributed by atoms with van der Waals surface area (Å²) in [6.45, 7) is 6.00. The van der Waals surface area contributed by atoms with E-state index >= 15 is 0 Å². The molecule has 0 aromatic carbocycles. The molecule has 0 bridgehead atoms. The van der Waals surface area contributed by atoms with Crippen LogP contribution in [0.5, 0.6) is 0 Å². The van der Waals surface area contributed by atoms with E-state index in [4.69, 9.17) is 31.0 Å². The van der Waals surface area contributed by atoms with Gasteiger partial charge >= 0.3 is 0 Å². The zero-order chi connectivity index (χ0) is 8.00. The van der Waals surface area contributed by atoms with Crippen LogP contribution in [0.2, 0.25) is 0 Å². The van der Waals surface area contributed by atoms with Crippen molar-refractivity contribution < 1.29 is 32.0 Å². The lowest BCUT2D eigenvalue weighted by Crippen LogP contribution is -1.29. The average molecular weight is 196 g/mol. The maximum absolute atomic E-state index is 7.00. The van der Waals surface area contributed by atoms with Crippen molar-refractivity contribution in [2.75, 3.05) is 0 Å². The lowest BCUT2D eigenvalue weighted by atomic mass is 11.3. The van der Waals surface area contributed by atoms with E-state index in [0.29, 0.717) is 0 Å². The summed E-state index contributed by atoms with van der Waals surface area (Å²) in [4.78, 5) is 14.0. The second kappa shape index (κ2) is 1030. The molecule has 8 nitrogen and oxygen atoms in total. The Kier molecular flexibility index (Phi) is 10100. The monoisotopic (exact) mass is 196 g/mol. The summed E-state index contributed by atoms with van der Waals surface area (Å²) in [6.07, 6.45) is 0.